The monoisotopic (exact) mass is 375 g/mol. The van der Waals surface area contributed by atoms with Crippen molar-refractivity contribution in [2.75, 3.05) is 12.4 Å². The zero-order chi connectivity index (χ0) is 19.9. The van der Waals surface area contributed by atoms with E-state index in [0.717, 1.165) is 22.5 Å². The molecule has 3 aromatic rings. The molecule has 4 N–H and O–H groups in total. The van der Waals surface area contributed by atoms with Gasteiger partial charge in [-0.3, -0.25) is 10.2 Å². The molecule has 28 heavy (non-hydrogen) atoms. The Kier molecular flexibility index (Phi) is 5.96. The van der Waals surface area contributed by atoms with Gasteiger partial charge < -0.3 is 15.8 Å². The third-order valence-electron chi connectivity index (χ3n) is 4.23. The molecule has 0 amide bonds. The Hall–Kier alpha value is -3.74. The molecule has 0 bridgehead atoms. The summed E-state index contributed by atoms with van der Waals surface area (Å²) in [6.07, 6.45) is 1.01. The number of rotatable bonds is 7. The van der Waals surface area contributed by atoms with Crippen LogP contribution < -0.4 is 11.1 Å². The number of nitrogen functional groups attached to an aromatic ring is 1. The SMILES string of the molecule is COC(=O)CCc1ccc(Nc2ccc(-c3ccc(C(=N)N)cc3)nn2)cc1. The van der Waals surface area contributed by atoms with Gasteiger partial charge in [0.1, 0.15) is 5.84 Å². The standard InChI is InChI=1S/C21H21N5O2/c1-28-20(27)13-4-14-2-9-17(10-3-14)24-19-12-11-18(25-26-19)15-5-7-16(8-6-15)21(22)23/h2-3,5-12H,4,13H2,1H3,(H3,22,23)(H,24,26). The summed E-state index contributed by atoms with van der Waals surface area (Å²) in [4.78, 5) is 11.2. The molecule has 0 fully saturated rings. The Morgan fingerprint density at radius 3 is 2.32 bits per heavy atom. The zero-order valence-corrected chi connectivity index (χ0v) is 15.5. The van der Waals surface area contributed by atoms with Crippen molar-refractivity contribution < 1.29 is 9.53 Å². The van der Waals surface area contributed by atoms with Crippen molar-refractivity contribution in [3.8, 4) is 11.3 Å². The second kappa shape index (κ2) is 8.77. The van der Waals surface area contributed by atoms with Crippen LogP contribution in [0.25, 0.3) is 11.3 Å². The second-order valence-corrected chi connectivity index (χ2v) is 6.19. The Labute approximate surface area is 163 Å². The van der Waals surface area contributed by atoms with E-state index in [1.165, 1.54) is 7.11 Å². The molecule has 0 aliphatic rings. The molecule has 7 nitrogen and oxygen atoms in total. The number of aromatic nitrogens is 2. The number of amidine groups is 1. The molecule has 2 aromatic carbocycles. The van der Waals surface area contributed by atoms with Gasteiger partial charge in [0.25, 0.3) is 0 Å². The van der Waals surface area contributed by atoms with Crippen molar-refractivity contribution in [2.24, 2.45) is 5.73 Å². The van der Waals surface area contributed by atoms with E-state index < -0.39 is 0 Å². The smallest absolute Gasteiger partial charge is 0.305 e. The Morgan fingerprint density at radius 1 is 1.04 bits per heavy atom. The van der Waals surface area contributed by atoms with E-state index in [1.54, 1.807) is 12.1 Å². The molecule has 0 saturated carbocycles. The van der Waals surface area contributed by atoms with Gasteiger partial charge in [0.15, 0.2) is 5.82 Å². The fourth-order valence-electron chi connectivity index (χ4n) is 2.62. The molecule has 0 aliphatic heterocycles. The molecule has 0 aliphatic carbocycles. The van der Waals surface area contributed by atoms with Crippen LogP contribution in [0.1, 0.15) is 17.5 Å². The number of nitrogens with zero attached hydrogens (tertiary/aromatic N) is 2. The van der Waals surface area contributed by atoms with Crippen LogP contribution in [0.3, 0.4) is 0 Å². The summed E-state index contributed by atoms with van der Waals surface area (Å²) in [5.41, 5.74) is 9.72. The third-order valence-corrected chi connectivity index (χ3v) is 4.23. The first-order valence-electron chi connectivity index (χ1n) is 8.76. The molecule has 3 rings (SSSR count). The van der Waals surface area contributed by atoms with Crippen LogP contribution >= 0.6 is 0 Å². The number of hydrogen-bond acceptors (Lipinski definition) is 6. The van der Waals surface area contributed by atoms with Gasteiger partial charge in [-0.25, -0.2) is 0 Å². The normalized spacial score (nSPS) is 10.3. The number of anilines is 2. The van der Waals surface area contributed by atoms with Gasteiger partial charge in [0.2, 0.25) is 0 Å². The molecule has 7 heteroatoms. The molecule has 0 atom stereocenters. The maximum atomic E-state index is 11.2. The number of aryl methyl sites for hydroxylation is 1. The minimum Gasteiger partial charge on any atom is -0.469 e. The Morgan fingerprint density at radius 2 is 1.75 bits per heavy atom. The maximum absolute atomic E-state index is 11.2. The zero-order valence-electron chi connectivity index (χ0n) is 15.5. The van der Waals surface area contributed by atoms with Crippen molar-refractivity contribution in [3.63, 3.8) is 0 Å². The van der Waals surface area contributed by atoms with E-state index in [-0.39, 0.29) is 11.8 Å². The van der Waals surface area contributed by atoms with Crippen LogP contribution in [0.2, 0.25) is 0 Å². The van der Waals surface area contributed by atoms with E-state index in [9.17, 15) is 4.79 Å². The summed E-state index contributed by atoms with van der Waals surface area (Å²) in [5.74, 6) is 0.452. The fourth-order valence-corrected chi connectivity index (χ4v) is 2.62. The highest BCUT2D eigenvalue weighted by atomic mass is 16.5. The minimum atomic E-state index is -0.214. The van der Waals surface area contributed by atoms with Crippen LogP contribution in [-0.4, -0.2) is 29.1 Å². The number of carbonyl (C=O) groups excluding carboxylic acids is 1. The van der Waals surface area contributed by atoms with E-state index in [2.05, 4.69) is 20.3 Å². The van der Waals surface area contributed by atoms with E-state index in [4.69, 9.17) is 11.1 Å². The lowest BCUT2D eigenvalue weighted by atomic mass is 10.1. The summed E-state index contributed by atoms with van der Waals surface area (Å²) in [6.45, 7) is 0. The highest BCUT2D eigenvalue weighted by Gasteiger charge is 2.04. The van der Waals surface area contributed by atoms with Gasteiger partial charge in [-0.15, -0.1) is 10.2 Å². The summed E-state index contributed by atoms with van der Waals surface area (Å²) >= 11 is 0. The number of carbonyl (C=O) groups is 1. The molecule has 1 heterocycles. The predicted octanol–water partition coefficient (Wildman–Crippen LogP) is 3.28. The minimum absolute atomic E-state index is 0.0356. The predicted molar refractivity (Wildman–Crippen MR) is 109 cm³/mol. The number of esters is 1. The highest BCUT2D eigenvalue weighted by Crippen LogP contribution is 2.20. The van der Waals surface area contributed by atoms with Crippen molar-refractivity contribution in [3.05, 3.63) is 71.8 Å². The van der Waals surface area contributed by atoms with Crippen molar-refractivity contribution >= 4 is 23.3 Å². The maximum Gasteiger partial charge on any atom is 0.305 e. The average molecular weight is 375 g/mol. The quantitative estimate of drug-likeness (QED) is 0.332. The summed E-state index contributed by atoms with van der Waals surface area (Å²) in [5, 5.41) is 19.1. The van der Waals surface area contributed by atoms with Crippen LogP contribution in [0, 0.1) is 5.41 Å². The number of methoxy groups -OCH3 is 1. The molecular weight excluding hydrogens is 354 g/mol. The molecular formula is C21H21N5O2. The molecule has 0 unspecified atom stereocenters. The van der Waals surface area contributed by atoms with Crippen LogP contribution in [0.15, 0.2) is 60.7 Å². The van der Waals surface area contributed by atoms with Crippen molar-refractivity contribution in [2.45, 2.75) is 12.8 Å². The van der Waals surface area contributed by atoms with Crippen LogP contribution in [0.5, 0.6) is 0 Å². The molecule has 142 valence electrons. The topological polar surface area (TPSA) is 114 Å². The van der Waals surface area contributed by atoms with Crippen LogP contribution in [-0.2, 0) is 16.0 Å². The van der Waals surface area contributed by atoms with Gasteiger partial charge in [-0.1, -0.05) is 36.4 Å². The number of ether oxygens (including phenoxy) is 1. The van der Waals surface area contributed by atoms with Gasteiger partial charge in [-0.2, -0.15) is 0 Å². The lowest BCUT2D eigenvalue weighted by molar-refractivity contribution is -0.140. The Balaban J connectivity index is 1.62. The Bertz CT molecular complexity index is 952. The van der Waals surface area contributed by atoms with Gasteiger partial charge >= 0.3 is 5.97 Å². The highest BCUT2D eigenvalue weighted by molar-refractivity contribution is 5.95. The number of hydrogen-bond donors (Lipinski definition) is 3. The first-order chi connectivity index (χ1) is 13.5. The van der Waals surface area contributed by atoms with E-state index >= 15 is 0 Å². The van der Waals surface area contributed by atoms with Gasteiger partial charge in [0.05, 0.1) is 12.8 Å². The summed E-state index contributed by atoms with van der Waals surface area (Å²) in [7, 11) is 1.39. The van der Waals surface area contributed by atoms with E-state index in [0.29, 0.717) is 24.2 Å². The summed E-state index contributed by atoms with van der Waals surface area (Å²) < 4.78 is 4.65. The van der Waals surface area contributed by atoms with Crippen LogP contribution in [0.4, 0.5) is 11.5 Å². The number of nitrogens with one attached hydrogen (secondary N) is 2. The summed E-state index contributed by atoms with van der Waals surface area (Å²) in [6, 6.07) is 18.8. The van der Waals surface area contributed by atoms with Crippen molar-refractivity contribution in [1.29, 1.82) is 5.41 Å². The molecule has 1 aromatic heterocycles. The first kappa shape index (κ1) is 19.0. The number of benzene rings is 2. The molecule has 0 saturated heterocycles. The van der Waals surface area contributed by atoms with Crippen molar-refractivity contribution in [1.82, 2.24) is 10.2 Å². The second-order valence-electron chi connectivity index (χ2n) is 6.19. The van der Waals surface area contributed by atoms with Gasteiger partial charge in [0, 0.05) is 23.2 Å². The van der Waals surface area contributed by atoms with Gasteiger partial charge in [-0.05, 0) is 36.2 Å². The fraction of sp³-hybridized carbons (Fsp3) is 0.143. The molecule has 0 spiro atoms. The van der Waals surface area contributed by atoms with E-state index in [1.807, 2.05) is 48.5 Å². The average Bonchev–Trinajstić information content (AvgIpc) is 2.73. The largest absolute Gasteiger partial charge is 0.469 e. The lowest BCUT2D eigenvalue weighted by Crippen LogP contribution is -2.10. The first-order valence-corrected chi connectivity index (χ1v) is 8.76. The lowest BCUT2D eigenvalue weighted by Gasteiger charge is -2.07. The molecule has 0 radical (unpaired) electrons. The number of nitrogens with two attached hydrogens (primary N) is 1. The third kappa shape index (κ3) is 4.91.